The normalized spacial score (nSPS) is 11.5. The van der Waals surface area contributed by atoms with E-state index in [1.807, 2.05) is 0 Å². The maximum Gasteiger partial charge on any atom is 0.435 e. The van der Waals surface area contributed by atoms with E-state index >= 15 is 0 Å². The smallest absolute Gasteiger partial charge is 0.324 e. The Kier molecular flexibility index (Phi) is 5.77. The molecule has 0 aliphatic carbocycles. The Morgan fingerprint density at radius 3 is 2.45 bits per heavy atom. The van der Waals surface area contributed by atoms with E-state index in [-0.39, 0.29) is 28.4 Å². The third-order valence-corrected chi connectivity index (χ3v) is 4.10. The van der Waals surface area contributed by atoms with Gasteiger partial charge in [0, 0.05) is 17.2 Å². The zero-order valence-corrected chi connectivity index (χ0v) is 15.5. The van der Waals surface area contributed by atoms with E-state index in [1.165, 1.54) is 42.5 Å². The molecular formula is C17H13F3N4O4S. The van der Waals surface area contributed by atoms with Crippen LogP contribution in [0.15, 0.2) is 48.5 Å². The van der Waals surface area contributed by atoms with Gasteiger partial charge in [0.05, 0.1) is 16.3 Å². The predicted molar refractivity (Wildman–Crippen MR) is 98.9 cm³/mol. The average molecular weight is 426 g/mol. The third-order valence-electron chi connectivity index (χ3n) is 3.95. The summed E-state index contributed by atoms with van der Waals surface area (Å²) in [4.78, 5) is 15.5. The van der Waals surface area contributed by atoms with Gasteiger partial charge in [-0.2, -0.15) is 18.3 Å². The molecule has 1 aromatic heterocycles. The first-order valence-corrected chi connectivity index (χ1v) is 8.74. The summed E-state index contributed by atoms with van der Waals surface area (Å²) in [6.07, 6.45) is -4.69. The number of hydrogen-bond donors (Lipinski definition) is 1. The first kappa shape index (κ1) is 20.6. The van der Waals surface area contributed by atoms with Crippen LogP contribution >= 0.6 is 12.2 Å². The molecule has 0 atom stereocenters. The summed E-state index contributed by atoms with van der Waals surface area (Å²) in [5.74, 6) is 0.266. The zero-order valence-electron chi connectivity index (χ0n) is 14.7. The minimum Gasteiger partial charge on any atom is -0.324 e. The van der Waals surface area contributed by atoms with Crippen molar-refractivity contribution in [2.45, 2.75) is 13.1 Å². The van der Waals surface area contributed by atoms with Crippen molar-refractivity contribution in [1.82, 2.24) is 9.78 Å². The average Bonchev–Trinajstić information content (AvgIpc) is 3.13. The van der Waals surface area contributed by atoms with Crippen molar-refractivity contribution < 1.29 is 27.3 Å². The second-order valence-corrected chi connectivity index (χ2v) is 6.15. The van der Waals surface area contributed by atoms with E-state index < -0.39 is 16.8 Å². The summed E-state index contributed by atoms with van der Waals surface area (Å²) >= 11 is 0.488. The lowest BCUT2D eigenvalue weighted by atomic mass is 10.1. The Morgan fingerprint density at radius 1 is 1.17 bits per heavy atom. The number of benzene rings is 2. The van der Waals surface area contributed by atoms with Crippen LogP contribution < -0.4 is 10.0 Å². The highest BCUT2D eigenvalue weighted by molar-refractivity contribution is 7.92. The molecule has 0 amide bonds. The summed E-state index contributed by atoms with van der Waals surface area (Å²) in [5, 5.41) is 19.9. The molecule has 29 heavy (non-hydrogen) atoms. The molecule has 0 bridgehead atoms. The molecule has 1 heterocycles. The maximum atomic E-state index is 13.3. The Hall–Kier alpha value is -3.09. The highest BCUT2D eigenvalue weighted by Crippen LogP contribution is 2.35. The molecule has 0 fully saturated rings. The van der Waals surface area contributed by atoms with E-state index in [2.05, 4.69) is 9.43 Å². The Balaban J connectivity index is 2.11. The van der Waals surface area contributed by atoms with Crippen LogP contribution in [0.1, 0.15) is 11.3 Å². The predicted octanol–water partition coefficient (Wildman–Crippen LogP) is 4.61. The number of nitro groups is 1. The van der Waals surface area contributed by atoms with Crippen molar-refractivity contribution in [2.24, 2.45) is 5.14 Å². The van der Waals surface area contributed by atoms with Gasteiger partial charge in [0.1, 0.15) is 12.2 Å². The van der Waals surface area contributed by atoms with E-state index in [0.29, 0.717) is 17.8 Å². The van der Waals surface area contributed by atoms with Gasteiger partial charge in [-0.15, -0.1) is 0 Å². The van der Waals surface area contributed by atoms with Gasteiger partial charge < -0.3 is 4.89 Å². The van der Waals surface area contributed by atoms with Crippen molar-refractivity contribution in [3.8, 4) is 22.7 Å². The van der Waals surface area contributed by atoms with Crippen LogP contribution in [0.3, 0.4) is 0 Å². The molecule has 0 radical (unpaired) electrons. The molecule has 3 rings (SSSR count). The highest BCUT2D eigenvalue weighted by atomic mass is 32.2. The van der Waals surface area contributed by atoms with Crippen molar-refractivity contribution in [1.29, 1.82) is 0 Å². The Morgan fingerprint density at radius 2 is 1.86 bits per heavy atom. The van der Waals surface area contributed by atoms with Crippen molar-refractivity contribution >= 4 is 17.9 Å². The fourth-order valence-corrected chi connectivity index (χ4v) is 2.71. The SMILES string of the molecule is Cc1ccc(-c2cc(C(F)(F)F)nn2-c2ccc(OOSN)cc2)cc1[N+](=O)[O-]. The molecular weight excluding hydrogens is 413 g/mol. The lowest BCUT2D eigenvalue weighted by molar-refractivity contribution is -0.385. The van der Waals surface area contributed by atoms with Gasteiger partial charge in [0.2, 0.25) is 0 Å². The minimum absolute atomic E-state index is 0.0443. The number of aromatic nitrogens is 2. The van der Waals surface area contributed by atoms with Gasteiger partial charge in [-0.3, -0.25) is 15.3 Å². The van der Waals surface area contributed by atoms with E-state index in [9.17, 15) is 23.3 Å². The van der Waals surface area contributed by atoms with Crippen LogP contribution in [0.4, 0.5) is 18.9 Å². The van der Waals surface area contributed by atoms with Crippen molar-refractivity contribution in [3.63, 3.8) is 0 Å². The van der Waals surface area contributed by atoms with Gasteiger partial charge in [-0.05, 0) is 37.3 Å². The van der Waals surface area contributed by atoms with Crippen LogP contribution in [0.25, 0.3) is 16.9 Å². The number of rotatable bonds is 6. The molecule has 12 heteroatoms. The van der Waals surface area contributed by atoms with Crippen molar-refractivity contribution in [2.75, 3.05) is 0 Å². The van der Waals surface area contributed by atoms with Gasteiger partial charge in [0.25, 0.3) is 5.69 Å². The summed E-state index contributed by atoms with van der Waals surface area (Å²) in [7, 11) is 0. The largest absolute Gasteiger partial charge is 0.435 e. The topological polar surface area (TPSA) is 105 Å². The molecule has 0 saturated heterocycles. The number of nitro benzene ring substituents is 1. The lowest BCUT2D eigenvalue weighted by Gasteiger charge is -2.09. The number of halogens is 3. The number of nitrogens with two attached hydrogens (primary N) is 1. The van der Waals surface area contributed by atoms with Gasteiger partial charge in [-0.25, -0.2) is 4.68 Å². The van der Waals surface area contributed by atoms with E-state index in [4.69, 9.17) is 10.0 Å². The Bertz CT molecular complexity index is 1040. The first-order chi connectivity index (χ1) is 13.7. The third kappa shape index (κ3) is 4.50. The molecule has 0 spiro atoms. The zero-order chi connectivity index (χ0) is 21.2. The van der Waals surface area contributed by atoms with Crippen LogP contribution in [0.2, 0.25) is 0 Å². The van der Waals surface area contributed by atoms with Gasteiger partial charge in [-0.1, -0.05) is 16.5 Å². The minimum atomic E-state index is -4.69. The highest BCUT2D eigenvalue weighted by Gasteiger charge is 2.35. The molecule has 152 valence electrons. The second-order valence-electron chi connectivity index (χ2n) is 5.82. The van der Waals surface area contributed by atoms with Crippen molar-refractivity contribution in [3.05, 3.63) is 69.9 Å². The molecule has 0 aliphatic heterocycles. The Labute approximate surface area is 166 Å². The number of nitrogens with zero attached hydrogens (tertiary/aromatic N) is 3. The summed E-state index contributed by atoms with van der Waals surface area (Å²) < 4.78 is 45.3. The van der Waals surface area contributed by atoms with Crippen LogP contribution in [-0.2, 0) is 10.5 Å². The number of hydrogen-bond acceptors (Lipinski definition) is 7. The molecule has 3 aromatic rings. The quantitative estimate of drug-likeness (QED) is 0.202. The summed E-state index contributed by atoms with van der Waals surface area (Å²) in [6, 6.07) is 10.8. The van der Waals surface area contributed by atoms with Crippen LogP contribution in [0.5, 0.6) is 5.75 Å². The summed E-state index contributed by atoms with van der Waals surface area (Å²) in [6.45, 7) is 1.54. The van der Waals surface area contributed by atoms with Gasteiger partial charge >= 0.3 is 6.18 Å². The lowest BCUT2D eigenvalue weighted by Crippen LogP contribution is -2.07. The second kappa shape index (κ2) is 8.11. The molecule has 8 nitrogen and oxygen atoms in total. The monoisotopic (exact) mass is 426 g/mol. The molecule has 0 unspecified atom stereocenters. The summed E-state index contributed by atoms with van der Waals surface area (Å²) in [5.41, 5.74) is -0.397. The molecule has 0 saturated carbocycles. The fourth-order valence-electron chi connectivity index (χ4n) is 2.59. The van der Waals surface area contributed by atoms with Gasteiger partial charge in [0.15, 0.2) is 11.4 Å². The first-order valence-electron chi connectivity index (χ1n) is 7.94. The fraction of sp³-hybridized carbons (Fsp3) is 0.118. The maximum absolute atomic E-state index is 13.3. The van der Waals surface area contributed by atoms with Crippen LogP contribution in [0, 0.1) is 17.0 Å². The van der Waals surface area contributed by atoms with E-state index in [0.717, 1.165) is 10.7 Å². The molecule has 2 N–H and O–H groups in total. The molecule has 2 aromatic carbocycles. The molecule has 0 aliphatic rings. The number of aryl methyl sites for hydroxylation is 1. The standard InChI is InChI=1S/C17H13F3N4O4S/c1-10-2-3-11(8-14(10)24(25)26)15-9-16(17(18,19)20)22-23(15)12-4-6-13(7-5-12)27-28-29-21/h2-9H,21H2,1H3. The number of alkyl halides is 3. The van der Waals surface area contributed by atoms with Crippen LogP contribution in [-0.4, -0.2) is 14.7 Å². The van der Waals surface area contributed by atoms with E-state index in [1.54, 1.807) is 6.92 Å².